The summed E-state index contributed by atoms with van der Waals surface area (Å²) in [5, 5.41) is 5.05. The van der Waals surface area contributed by atoms with Gasteiger partial charge < -0.3 is 31.4 Å². The third kappa shape index (κ3) is 6.05. The summed E-state index contributed by atoms with van der Waals surface area (Å²) in [6, 6.07) is 15.7. The molecule has 3 aromatic carbocycles. The number of hydrogen-bond acceptors (Lipinski definition) is 3. The van der Waals surface area contributed by atoms with E-state index in [0.29, 0.717) is 12.2 Å². The van der Waals surface area contributed by atoms with Gasteiger partial charge in [0, 0.05) is 35.9 Å². The van der Waals surface area contributed by atoms with E-state index in [1.165, 1.54) is 12.5 Å². The lowest BCUT2D eigenvalue weighted by molar-refractivity contribution is -0.114. The van der Waals surface area contributed by atoms with Crippen LogP contribution in [0.25, 0.3) is 27.7 Å². The summed E-state index contributed by atoms with van der Waals surface area (Å²) in [4.78, 5) is 23.7. The van der Waals surface area contributed by atoms with E-state index >= 15 is 0 Å². The van der Waals surface area contributed by atoms with E-state index in [2.05, 4.69) is 35.3 Å². The fraction of sp³-hybridized carbons (Fsp3) is 0.231. The first-order valence-corrected chi connectivity index (χ1v) is 11.2. The maximum absolute atomic E-state index is 12.1. The number of furan rings is 1. The molecule has 0 spiro atoms. The van der Waals surface area contributed by atoms with Crippen molar-refractivity contribution in [3.05, 3.63) is 70.8 Å². The van der Waals surface area contributed by atoms with E-state index in [0.717, 1.165) is 44.5 Å². The zero-order chi connectivity index (χ0) is 26.8. The number of carbonyl (C=O) groups is 2. The zero-order valence-corrected chi connectivity index (χ0v) is 20.5. The summed E-state index contributed by atoms with van der Waals surface area (Å²) in [5.74, 6) is 0.455. The van der Waals surface area contributed by atoms with Gasteiger partial charge in [-0.05, 0) is 69.7 Å². The van der Waals surface area contributed by atoms with Gasteiger partial charge in [0.1, 0.15) is 0 Å². The number of rotatable bonds is 4. The first-order chi connectivity index (χ1) is 16.8. The SMILES string of the molecule is CCOC(=O)c1ccc(-[o+]2c3c(C)cc(C)cc3c3cc(NC(C)=O)cc(C)c32)cc1.F[B-](F)(F)F. The molecule has 5 nitrogen and oxygen atoms in total. The average Bonchev–Trinajstić information content (AvgIpc) is 3.07. The number of nitrogens with one attached hydrogen (secondary N) is 1. The predicted octanol–water partition coefficient (Wildman–Crippen LogP) is 7.62. The molecule has 0 unspecified atom stereocenters. The van der Waals surface area contributed by atoms with Crippen molar-refractivity contribution < 1.29 is 35.6 Å². The Hall–Kier alpha value is -3.82. The quantitative estimate of drug-likeness (QED) is 0.135. The maximum atomic E-state index is 12.1. The fourth-order valence-corrected chi connectivity index (χ4v) is 4.23. The number of benzene rings is 3. The van der Waals surface area contributed by atoms with Gasteiger partial charge in [0.15, 0.2) is 0 Å². The molecule has 0 aliphatic heterocycles. The van der Waals surface area contributed by atoms with Gasteiger partial charge in [0.05, 0.1) is 22.9 Å². The van der Waals surface area contributed by atoms with Crippen LogP contribution in [0, 0.1) is 20.8 Å². The Kier molecular flexibility index (Phi) is 7.76. The zero-order valence-electron chi connectivity index (χ0n) is 20.5. The summed E-state index contributed by atoms with van der Waals surface area (Å²) in [7, 11) is -6.00. The third-order valence-electron chi connectivity index (χ3n) is 5.31. The second kappa shape index (κ2) is 10.4. The van der Waals surface area contributed by atoms with Crippen LogP contribution in [-0.4, -0.2) is 25.7 Å². The molecular weight excluding hydrogens is 477 g/mol. The molecule has 0 aliphatic carbocycles. The van der Waals surface area contributed by atoms with Gasteiger partial charge in [-0.1, -0.05) is 0 Å². The molecule has 1 aromatic heterocycles. The minimum atomic E-state index is -6.00. The van der Waals surface area contributed by atoms with Gasteiger partial charge in [-0.25, -0.2) is 4.79 Å². The van der Waals surface area contributed by atoms with Crippen molar-refractivity contribution >= 4 is 46.8 Å². The van der Waals surface area contributed by atoms with Crippen molar-refractivity contribution in [2.24, 2.45) is 0 Å². The normalized spacial score (nSPS) is 11.2. The molecule has 0 saturated heterocycles. The lowest BCUT2D eigenvalue weighted by atomic mass is 10.0. The van der Waals surface area contributed by atoms with Crippen LogP contribution in [0.3, 0.4) is 0 Å². The van der Waals surface area contributed by atoms with E-state index in [1.54, 1.807) is 19.1 Å². The molecule has 36 heavy (non-hydrogen) atoms. The van der Waals surface area contributed by atoms with Gasteiger partial charge >= 0.3 is 13.2 Å². The number of anilines is 1. The van der Waals surface area contributed by atoms with Crippen molar-refractivity contribution in [2.45, 2.75) is 34.6 Å². The predicted molar refractivity (Wildman–Crippen MR) is 134 cm³/mol. The minimum absolute atomic E-state index is 0.0999. The Morgan fingerprint density at radius 1 is 0.889 bits per heavy atom. The molecule has 0 radical (unpaired) electrons. The molecule has 4 aromatic rings. The number of amides is 1. The molecule has 0 aliphatic rings. The van der Waals surface area contributed by atoms with Crippen molar-refractivity contribution in [1.82, 2.24) is 0 Å². The van der Waals surface area contributed by atoms with Crippen LogP contribution < -0.4 is 5.32 Å². The first kappa shape index (κ1) is 26.8. The molecule has 10 heteroatoms. The Labute approximate surface area is 205 Å². The number of fused-ring (bicyclic) bond motifs is 3. The minimum Gasteiger partial charge on any atom is -0.498 e. The van der Waals surface area contributed by atoms with Gasteiger partial charge in [0.25, 0.3) is 16.9 Å². The number of carbonyl (C=O) groups excluding carboxylic acids is 2. The summed E-state index contributed by atoms with van der Waals surface area (Å²) in [6.45, 7) is 9.86. The Morgan fingerprint density at radius 3 is 1.94 bits per heavy atom. The largest absolute Gasteiger partial charge is 0.673 e. The monoisotopic (exact) mass is 503 g/mol. The summed E-state index contributed by atoms with van der Waals surface area (Å²) < 4.78 is 47.4. The average molecular weight is 503 g/mol. The molecule has 0 atom stereocenters. The smallest absolute Gasteiger partial charge is 0.498 e. The summed E-state index contributed by atoms with van der Waals surface area (Å²) in [6.07, 6.45) is 0. The van der Waals surface area contributed by atoms with Crippen LogP contribution in [0.1, 0.15) is 40.9 Å². The van der Waals surface area contributed by atoms with Crippen molar-refractivity contribution in [1.29, 1.82) is 0 Å². The van der Waals surface area contributed by atoms with Crippen LogP contribution >= 0.6 is 0 Å². The number of aryl methyl sites for hydroxylation is 3. The van der Waals surface area contributed by atoms with E-state index in [9.17, 15) is 26.9 Å². The number of esters is 1. The standard InChI is InChI=1S/C26H25NO4.BF4/c1-6-30-26(29)19-7-9-21(10-8-19)31-24-16(3)11-15(2)12-22(24)23-14-20(27-18(5)28)13-17(4)25(23)31;2-1(3,4)5/h7-14H,6H2,1-5H3;/q;-1/p+1. The Bertz CT molecular complexity index is 1440. The molecule has 1 amide bonds. The maximum Gasteiger partial charge on any atom is 0.673 e. The molecular formula is C26H26BF4NO4. The van der Waals surface area contributed by atoms with Gasteiger partial charge in [-0.15, -0.1) is 0 Å². The van der Waals surface area contributed by atoms with Gasteiger partial charge in [-0.2, -0.15) is 0 Å². The fourth-order valence-electron chi connectivity index (χ4n) is 4.23. The summed E-state index contributed by atoms with van der Waals surface area (Å²) >= 11 is 0. The lowest BCUT2D eigenvalue weighted by Gasteiger charge is -2.09. The number of ether oxygens (including phenoxy) is 1. The molecule has 4 rings (SSSR count). The topological polar surface area (TPSA) is 58.1 Å². The number of hydrogen-bond donors (Lipinski definition) is 1. The van der Waals surface area contributed by atoms with E-state index in [4.69, 9.17) is 4.74 Å². The molecule has 0 bridgehead atoms. The Balaban J connectivity index is 0.000000658. The van der Waals surface area contributed by atoms with E-state index in [-0.39, 0.29) is 11.9 Å². The first-order valence-electron chi connectivity index (χ1n) is 11.2. The van der Waals surface area contributed by atoms with Crippen molar-refractivity contribution in [3.8, 4) is 5.75 Å². The highest BCUT2D eigenvalue weighted by Gasteiger charge is 2.26. The molecule has 1 N–H and O–H groups in total. The second-order valence-corrected chi connectivity index (χ2v) is 8.36. The molecule has 0 fully saturated rings. The summed E-state index contributed by atoms with van der Waals surface area (Å²) in [5.41, 5.74) is 6.65. The van der Waals surface area contributed by atoms with Crippen LogP contribution in [0.5, 0.6) is 0 Å². The third-order valence-corrected chi connectivity index (χ3v) is 5.31. The van der Waals surface area contributed by atoms with Crippen molar-refractivity contribution in [2.75, 3.05) is 11.9 Å². The molecule has 190 valence electrons. The van der Waals surface area contributed by atoms with E-state index in [1.807, 2.05) is 31.2 Å². The van der Waals surface area contributed by atoms with E-state index < -0.39 is 7.25 Å². The highest BCUT2D eigenvalue weighted by Crippen LogP contribution is 2.43. The molecule has 1 heterocycles. The highest BCUT2D eigenvalue weighted by molar-refractivity contribution is 6.50. The van der Waals surface area contributed by atoms with Gasteiger partial charge in [-0.3, -0.25) is 4.79 Å². The number of halogens is 4. The molecule has 0 saturated carbocycles. The van der Waals surface area contributed by atoms with Crippen LogP contribution in [0.4, 0.5) is 23.0 Å². The lowest BCUT2D eigenvalue weighted by Crippen LogP contribution is -2.05. The van der Waals surface area contributed by atoms with Crippen molar-refractivity contribution in [3.63, 3.8) is 0 Å². The highest BCUT2D eigenvalue weighted by atomic mass is 19.5. The Morgan fingerprint density at radius 2 is 1.42 bits per heavy atom. The van der Waals surface area contributed by atoms with Crippen LogP contribution in [-0.2, 0) is 9.53 Å². The van der Waals surface area contributed by atoms with Crippen LogP contribution in [0.15, 0.2) is 52.6 Å². The second-order valence-electron chi connectivity index (χ2n) is 8.36. The van der Waals surface area contributed by atoms with Gasteiger partial charge in [0.2, 0.25) is 5.91 Å². The van der Waals surface area contributed by atoms with Crippen LogP contribution in [0.2, 0.25) is 0 Å².